The summed E-state index contributed by atoms with van der Waals surface area (Å²) < 4.78 is 6.63. The van der Waals surface area contributed by atoms with E-state index in [1.807, 2.05) is 47.2 Å². The minimum Gasteiger partial charge on any atom is -0.458 e. The monoisotopic (exact) mass is 370 g/mol. The van der Waals surface area contributed by atoms with Crippen molar-refractivity contribution in [2.24, 2.45) is 0 Å². The standard InChI is InChI=1S/C18H14N2O3S2/c21-13(15-6-5-14(23-15)11-7-8-24-10-11)9-19-17(22)18-20-12-3-1-2-4-16(12)25-18/h1-8,10,13,21H,9H2,(H,19,22)/t13-/m0/s1. The molecule has 0 unspecified atom stereocenters. The number of carbonyl (C=O) groups is 1. The first-order chi connectivity index (χ1) is 12.2. The van der Waals surface area contributed by atoms with Crippen LogP contribution in [0.15, 0.2) is 57.6 Å². The van der Waals surface area contributed by atoms with E-state index in [9.17, 15) is 9.90 Å². The number of fused-ring (bicyclic) bond motifs is 1. The van der Waals surface area contributed by atoms with Crippen LogP contribution in [0.3, 0.4) is 0 Å². The van der Waals surface area contributed by atoms with Gasteiger partial charge in [-0.2, -0.15) is 11.3 Å². The van der Waals surface area contributed by atoms with Crippen LogP contribution < -0.4 is 5.32 Å². The predicted molar refractivity (Wildman–Crippen MR) is 98.9 cm³/mol. The van der Waals surface area contributed by atoms with Crippen LogP contribution in [0.5, 0.6) is 0 Å². The van der Waals surface area contributed by atoms with Gasteiger partial charge in [-0.05, 0) is 35.7 Å². The van der Waals surface area contributed by atoms with E-state index in [1.54, 1.807) is 17.4 Å². The second-order valence-electron chi connectivity index (χ2n) is 5.43. The van der Waals surface area contributed by atoms with Crippen molar-refractivity contribution in [3.05, 3.63) is 64.0 Å². The highest BCUT2D eigenvalue weighted by atomic mass is 32.1. The lowest BCUT2D eigenvalue weighted by molar-refractivity contribution is 0.0901. The van der Waals surface area contributed by atoms with Crippen LogP contribution >= 0.6 is 22.7 Å². The molecule has 126 valence electrons. The molecule has 4 aromatic rings. The number of hydrogen-bond donors (Lipinski definition) is 2. The zero-order chi connectivity index (χ0) is 17.2. The summed E-state index contributed by atoms with van der Waals surface area (Å²) in [4.78, 5) is 16.5. The molecule has 0 fully saturated rings. The maximum absolute atomic E-state index is 12.2. The smallest absolute Gasteiger partial charge is 0.280 e. The summed E-state index contributed by atoms with van der Waals surface area (Å²) in [6.07, 6.45) is -0.911. The fourth-order valence-electron chi connectivity index (χ4n) is 2.43. The van der Waals surface area contributed by atoms with E-state index in [1.165, 1.54) is 11.3 Å². The molecular formula is C18H14N2O3S2. The Kier molecular flexibility index (Phi) is 4.35. The van der Waals surface area contributed by atoms with Crippen LogP contribution in [0.4, 0.5) is 0 Å². The molecule has 1 amide bonds. The number of nitrogens with zero attached hydrogens (tertiary/aromatic N) is 1. The summed E-state index contributed by atoms with van der Waals surface area (Å²) in [7, 11) is 0. The van der Waals surface area contributed by atoms with E-state index in [2.05, 4.69) is 10.3 Å². The minimum absolute atomic E-state index is 0.0609. The van der Waals surface area contributed by atoms with Gasteiger partial charge < -0.3 is 14.8 Å². The Morgan fingerprint density at radius 1 is 1.24 bits per heavy atom. The molecule has 1 aromatic carbocycles. The molecule has 3 heterocycles. The molecule has 0 saturated heterocycles. The van der Waals surface area contributed by atoms with Crippen molar-refractivity contribution in [1.82, 2.24) is 10.3 Å². The Bertz CT molecular complexity index is 971. The van der Waals surface area contributed by atoms with E-state index in [0.29, 0.717) is 16.5 Å². The van der Waals surface area contributed by atoms with Gasteiger partial charge in [-0.15, -0.1) is 11.3 Å². The maximum Gasteiger partial charge on any atom is 0.280 e. The molecule has 3 aromatic heterocycles. The number of carbonyl (C=O) groups excluding carboxylic acids is 1. The number of amides is 1. The molecule has 25 heavy (non-hydrogen) atoms. The first-order valence-corrected chi connectivity index (χ1v) is 9.41. The van der Waals surface area contributed by atoms with Crippen molar-refractivity contribution >= 4 is 38.8 Å². The molecule has 0 bridgehead atoms. The lowest BCUT2D eigenvalue weighted by atomic mass is 10.2. The summed E-state index contributed by atoms with van der Waals surface area (Å²) in [6.45, 7) is 0.0609. The lowest BCUT2D eigenvalue weighted by Crippen LogP contribution is -2.28. The summed E-state index contributed by atoms with van der Waals surface area (Å²) in [6, 6.07) is 13.1. The zero-order valence-electron chi connectivity index (χ0n) is 13.0. The second kappa shape index (κ2) is 6.79. The van der Waals surface area contributed by atoms with Gasteiger partial charge in [0.1, 0.15) is 17.6 Å². The normalized spacial score (nSPS) is 12.4. The van der Waals surface area contributed by atoms with Crippen LogP contribution in [0.1, 0.15) is 21.7 Å². The van der Waals surface area contributed by atoms with Crippen molar-refractivity contribution < 1.29 is 14.3 Å². The number of thiophene rings is 1. The van der Waals surface area contributed by atoms with Gasteiger partial charge in [0.15, 0.2) is 5.01 Å². The van der Waals surface area contributed by atoms with Gasteiger partial charge in [-0.3, -0.25) is 4.79 Å². The molecular weight excluding hydrogens is 356 g/mol. The summed E-state index contributed by atoms with van der Waals surface area (Å²) in [5.41, 5.74) is 1.77. The van der Waals surface area contributed by atoms with Gasteiger partial charge in [0.25, 0.3) is 5.91 Å². The first kappa shape index (κ1) is 16.0. The molecule has 0 spiro atoms. The summed E-state index contributed by atoms with van der Waals surface area (Å²) in [5, 5.41) is 17.3. The van der Waals surface area contributed by atoms with Gasteiger partial charge in [0.2, 0.25) is 0 Å². The highest BCUT2D eigenvalue weighted by molar-refractivity contribution is 7.20. The van der Waals surface area contributed by atoms with E-state index >= 15 is 0 Å². The molecule has 1 atom stereocenters. The van der Waals surface area contributed by atoms with Gasteiger partial charge in [0.05, 0.1) is 16.8 Å². The summed E-state index contributed by atoms with van der Waals surface area (Å²) >= 11 is 2.91. The van der Waals surface area contributed by atoms with E-state index < -0.39 is 6.10 Å². The van der Waals surface area contributed by atoms with Crippen LogP contribution in [0.25, 0.3) is 21.5 Å². The van der Waals surface area contributed by atoms with Crippen molar-refractivity contribution in [1.29, 1.82) is 0 Å². The Morgan fingerprint density at radius 3 is 2.92 bits per heavy atom. The van der Waals surface area contributed by atoms with E-state index in [0.717, 1.165) is 15.8 Å². The Hall–Kier alpha value is -2.48. The average Bonchev–Trinajstić information content (AvgIpc) is 3.38. The van der Waals surface area contributed by atoms with Crippen LogP contribution in [0, 0.1) is 0 Å². The van der Waals surface area contributed by atoms with E-state index in [4.69, 9.17) is 4.42 Å². The lowest BCUT2D eigenvalue weighted by Gasteiger charge is -2.08. The van der Waals surface area contributed by atoms with Crippen LogP contribution in [-0.2, 0) is 0 Å². The van der Waals surface area contributed by atoms with Gasteiger partial charge in [-0.1, -0.05) is 12.1 Å². The van der Waals surface area contributed by atoms with Crippen LogP contribution in [-0.4, -0.2) is 22.5 Å². The van der Waals surface area contributed by atoms with Crippen molar-refractivity contribution in [3.8, 4) is 11.3 Å². The minimum atomic E-state index is -0.911. The Balaban J connectivity index is 1.41. The van der Waals surface area contributed by atoms with E-state index in [-0.39, 0.29) is 12.5 Å². The number of rotatable bonds is 5. The van der Waals surface area contributed by atoms with Crippen molar-refractivity contribution in [3.63, 3.8) is 0 Å². The number of hydrogen-bond acceptors (Lipinski definition) is 6. The fourth-order valence-corrected chi connectivity index (χ4v) is 3.95. The summed E-state index contributed by atoms with van der Waals surface area (Å²) in [5.74, 6) is 0.823. The topological polar surface area (TPSA) is 75.4 Å². The Morgan fingerprint density at radius 2 is 2.12 bits per heavy atom. The number of aromatic nitrogens is 1. The SMILES string of the molecule is O=C(NC[C@H](O)c1ccc(-c2ccsc2)o1)c1nc2ccccc2s1. The third kappa shape index (κ3) is 3.34. The molecule has 0 radical (unpaired) electrons. The van der Waals surface area contributed by atoms with Crippen LogP contribution in [0.2, 0.25) is 0 Å². The number of benzene rings is 1. The molecule has 5 nitrogen and oxygen atoms in total. The van der Waals surface area contributed by atoms with Gasteiger partial charge >= 0.3 is 0 Å². The number of furan rings is 1. The number of para-hydroxylation sites is 1. The largest absolute Gasteiger partial charge is 0.458 e. The van der Waals surface area contributed by atoms with Gasteiger partial charge in [-0.25, -0.2) is 4.98 Å². The second-order valence-corrected chi connectivity index (χ2v) is 7.24. The van der Waals surface area contributed by atoms with Gasteiger partial charge in [0, 0.05) is 10.9 Å². The number of aliphatic hydroxyl groups is 1. The average molecular weight is 370 g/mol. The highest BCUT2D eigenvalue weighted by Gasteiger charge is 2.17. The molecule has 4 rings (SSSR count). The quantitative estimate of drug-likeness (QED) is 0.555. The molecule has 0 aliphatic carbocycles. The highest BCUT2D eigenvalue weighted by Crippen LogP contribution is 2.27. The third-order valence-electron chi connectivity index (χ3n) is 3.70. The van der Waals surface area contributed by atoms with Crippen molar-refractivity contribution in [2.75, 3.05) is 6.54 Å². The number of nitrogens with one attached hydrogen (secondary N) is 1. The molecule has 0 aliphatic rings. The maximum atomic E-state index is 12.2. The first-order valence-electron chi connectivity index (χ1n) is 7.65. The fraction of sp³-hybridized carbons (Fsp3) is 0.111. The molecule has 0 aliphatic heterocycles. The molecule has 0 saturated carbocycles. The Labute approximate surface area is 151 Å². The number of aliphatic hydroxyl groups excluding tert-OH is 1. The molecule has 7 heteroatoms. The van der Waals surface area contributed by atoms with Crippen molar-refractivity contribution in [2.45, 2.75) is 6.10 Å². The third-order valence-corrected chi connectivity index (χ3v) is 5.42. The predicted octanol–water partition coefficient (Wildman–Crippen LogP) is 4.08. The molecule has 2 N–H and O–H groups in total. The zero-order valence-corrected chi connectivity index (χ0v) is 14.6. The number of thiazole rings is 1.